The van der Waals surface area contributed by atoms with E-state index < -0.39 is 6.04 Å². The van der Waals surface area contributed by atoms with Gasteiger partial charge in [0.2, 0.25) is 5.91 Å². The average Bonchev–Trinajstić information content (AvgIpc) is 3.26. The van der Waals surface area contributed by atoms with Gasteiger partial charge in [0.05, 0.1) is 9.80 Å². The molecule has 1 aromatic carbocycles. The number of nitro benzene ring substituents is 1. The molecule has 3 rings (SSSR count). The van der Waals surface area contributed by atoms with Crippen molar-refractivity contribution in [2.24, 2.45) is 5.92 Å². The Morgan fingerprint density at radius 2 is 1.79 bits per heavy atom. The Hall–Kier alpha value is -2.94. The third-order valence-corrected chi connectivity index (χ3v) is 5.84. The summed E-state index contributed by atoms with van der Waals surface area (Å²) in [4.78, 5) is 40.6. The van der Waals surface area contributed by atoms with Crippen LogP contribution < -0.4 is 10.2 Å². The summed E-state index contributed by atoms with van der Waals surface area (Å²) in [6, 6.07) is 9.55. The molecule has 1 unspecified atom stereocenters. The molecule has 0 spiro atoms. The van der Waals surface area contributed by atoms with Crippen molar-refractivity contribution in [3.05, 3.63) is 56.8 Å². The number of thiophene rings is 1. The van der Waals surface area contributed by atoms with Crippen LogP contribution in [0.5, 0.6) is 0 Å². The highest BCUT2D eigenvalue weighted by molar-refractivity contribution is 7.12. The van der Waals surface area contributed by atoms with E-state index >= 15 is 0 Å². The van der Waals surface area contributed by atoms with E-state index in [0.29, 0.717) is 36.7 Å². The summed E-state index contributed by atoms with van der Waals surface area (Å²) in [5, 5.41) is 16.0. The minimum absolute atomic E-state index is 0.0559. The predicted octanol–water partition coefficient (Wildman–Crippen LogP) is 2.76. The number of hydrogen-bond donors (Lipinski definition) is 1. The maximum absolute atomic E-state index is 13.1. The van der Waals surface area contributed by atoms with E-state index in [4.69, 9.17) is 0 Å². The molecule has 2 heterocycles. The molecule has 2 aromatic rings. The number of para-hydroxylation sites is 2. The maximum atomic E-state index is 13.1. The zero-order valence-electron chi connectivity index (χ0n) is 16.4. The maximum Gasteiger partial charge on any atom is 0.292 e. The van der Waals surface area contributed by atoms with Crippen LogP contribution in [-0.2, 0) is 4.79 Å². The van der Waals surface area contributed by atoms with Crippen molar-refractivity contribution < 1.29 is 14.5 Å². The number of anilines is 1. The molecule has 1 atom stereocenters. The quantitative estimate of drug-likeness (QED) is 0.577. The van der Waals surface area contributed by atoms with Crippen LogP contribution in [0.4, 0.5) is 11.4 Å². The molecule has 29 heavy (non-hydrogen) atoms. The SMILES string of the molecule is CC(C)C(NC(=O)c1cccs1)C(=O)N1CCN(c2ccccc2[N+](=O)[O-])CC1. The summed E-state index contributed by atoms with van der Waals surface area (Å²) in [7, 11) is 0. The lowest BCUT2D eigenvalue weighted by molar-refractivity contribution is -0.384. The largest absolute Gasteiger partial charge is 0.362 e. The molecule has 0 radical (unpaired) electrons. The number of carbonyl (C=O) groups is 2. The molecule has 1 fully saturated rings. The lowest BCUT2D eigenvalue weighted by Gasteiger charge is -2.38. The third-order valence-electron chi connectivity index (χ3n) is 4.97. The highest BCUT2D eigenvalue weighted by atomic mass is 32.1. The molecule has 1 saturated heterocycles. The topological polar surface area (TPSA) is 95.8 Å². The number of benzene rings is 1. The van der Waals surface area contributed by atoms with E-state index in [1.54, 1.807) is 35.2 Å². The summed E-state index contributed by atoms with van der Waals surface area (Å²) >= 11 is 1.33. The summed E-state index contributed by atoms with van der Waals surface area (Å²) < 4.78 is 0. The van der Waals surface area contributed by atoms with Gasteiger partial charge < -0.3 is 15.1 Å². The van der Waals surface area contributed by atoms with Gasteiger partial charge in [-0.25, -0.2) is 0 Å². The van der Waals surface area contributed by atoms with Crippen molar-refractivity contribution in [1.82, 2.24) is 10.2 Å². The zero-order valence-corrected chi connectivity index (χ0v) is 17.2. The lowest BCUT2D eigenvalue weighted by Crippen LogP contribution is -2.56. The summed E-state index contributed by atoms with van der Waals surface area (Å²) in [5.74, 6) is -0.419. The molecule has 8 nitrogen and oxygen atoms in total. The van der Waals surface area contributed by atoms with Gasteiger partial charge in [0.1, 0.15) is 11.7 Å². The molecular weight excluding hydrogens is 392 g/mol. The number of piperazine rings is 1. The Bertz CT molecular complexity index is 876. The van der Waals surface area contributed by atoms with Crippen LogP contribution in [-0.4, -0.2) is 53.9 Å². The lowest BCUT2D eigenvalue weighted by atomic mass is 10.0. The van der Waals surface area contributed by atoms with Gasteiger partial charge in [0.25, 0.3) is 11.6 Å². The van der Waals surface area contributed by atoms with Crippen molar-refractivity contribution in [1.29, 1.82) is 0 Å². The number of hydrogen-bond acceptors (Lipinski definition) is 6. The van der Waals surface area contributed by atoms with Crippen molar-refractivity contribution in [2.45, 2.75) is 19.9 Å². The molecular formula is C20H24N4O4S. The molecule has 0 bridgehead atoms. The Morgan fingerprint density at radius 1 is 1.10 bits per heavy atom. The van der Waals surface area contributed by atoms with Gasteiger partial charge in [0, 0.05) is 32.2 Å². The van der Waals surface area contributed by atoms with Crippen molar-refractivity contribution in [2.75, 3.05) is 31.1 Å². The van der Waals surface area contributed by atoms with Crippen molar-refractivity contribution >= 4 is 34.5 Å². The number of nitrogens with zero attached hydrogens (tertiary/aromatic N) is 3. The van der Waals surface area contributed by atoms with E-state index in [0.717, 1.165) is 0 Å². The molecule has 1 aromatic heterocycles. The van der Waals surface area contributed by atoms with Gasteiger partial charge >= 0.3 is 0 Å². The standard InChI is InChI=1S/C20H24N4O4S/c1-14(2)18(21-19(25)17-8-5-13-29-17)20(26)23-11-9-22(10-12-23)15-6-3-4-7-16(15)24(27)28/h3-8,13-14,18H,9-12H2,1-2H3,(H,21,25). The first-order valence-electron chi connectivity index (χ1n) is 9.50. The third kappa shape index (κ3) is 4.73. The number of nitrogens with one attached hydrogen (secondary N) is 1. The average molecular weight is 417 g/mol. The zero-order chi connectivity index (χ0) is 21.0. The molecule has 9 heteroatoms. The van der Waals surface area contributed by atoms with Gasteiger partial charge in [-0.3, -0.25) is 19.7 Å². The minimum Gasteiger partial charge on any atom is -0.362 e. The molecule has 1 aliphatic heterocycles. The number of rotatable bonds is 6. The molecule has 154 valence electrons. The number of nitro groups is 1. The second kappa shape index (κ2) is 9.04. The van der Waals surface area contributed by atoms with E-state index in [1.165, 1.54) is 17.4 Å². The van der Waals surface area contributed by atoms with Crippen LogP contribution >= 0.6 is 11.3 Å². The first-order chi connectivity index (χ1) is 13.9. The van der Waals surface area contributed by atoms with E-state index in [2.05, 4.69) is 5.32 Å². The van der Waals surface area contributed by atoms with Crippen molar-refractivity contribution in [3.8, 4) is 0 Å². The van der Waals surface area contributed by atoms with Gasteiger partial charge in [-0.05, 0) is 23.4 Å². The Labute approximate surface area is 173 Å². The summed E-state index contributed by atoms with van der Waals surface area (Å²) in [6.45, 7) is 5.70. The van der Waals surface area contributed by atoms with Crippen LogP contribution in [0.2, 0.25) is 0 Å². The van der Waals surface area contributed by atoms with Crippen LogP contribution in [0.3, 0.4) is 0 Å². The van der Waals surface area contributed by atoms with Crippen LogP contribution in [0.15, 0.2) is 41.8 Å². The number of amides is 2. The van der Waals surface area contributed by atoms with Gasteiger partial charge in [0.15, 0.2) is 0 Å². The first kappa shape index (κ1) is 20.8. The molecule has 0 aliphatic carbocycles. The molecule has 1 aliphatic rings. The smallest absolute Gasteiger partial charge is 0.292 e. The Kier molecular flexibility index (Phi) is 6.48. The molecule has 0 saturated carbocycles. The number of carbonyl (C=O) groups excluding carboxylic acids is 2. The van der Waals surface area contributed by atoms with Gasteiger partial charge in [-0.15, -0.1) is 11.3 Å². The normalized spacial score (nSPS) is 15.3. The Balaban J connectivity index is 1.65. The van der Waals surface area contributed by atoms with E-state index in [1.807, 2.05) is 24.1 Å². The fourth-order valence-corrected chi connectivity index (χ4v) is 4.01. The monoisotopic (exact) mass is 416 g/mol. The summed E-state index contributed by atoms with van der Waals surface area (Å²) in [5.41, 5.74) is 0.631. The fourth-order valence-electron chi connectivity index (χ4n) is 3.38. The highest BCUT2D eigenvalue weighted by Gasteiger charge is 2.32. The molecule has 1 N–H and O–H groups in total. The van der Waals surface area contributed by atoms with Gasteiger partial charge in [-0.2, -0.15) is 0 Å². The van der Waals surface area contributed by atoms with E-state index in [9.17, 15) is 19.7 Å². The minimum atomic E-state index is -0.609. The Morgan fingerprint density at radius 3 is 2.38 bits per heavy atom. The second-order valence-corrected chi connectivity index (χ2v) is 8.18. The fraction of sp³-hybridized carbons (Fsp3) is 0.400. The highest BCUT2D eigenvalue weighted by Crippen LogP contribution is 2.28. The second-order valence-electron chi connectivity index (χ2n) is 7.23. The first-order valence-corrected chi connectivity index (χ1v) is 10.4. The summed E-state index contributed by atoms with van der Waals surface area (Å²) in [6.07, 6.45) is 0. The van der Waals surface area contributed by atoms with E-state index in [-0.39, 0.29) is 28.3 Å². The van der Waals surface area contributed by atoms with Crippen LogP contribution in [0.25, 0.3) is 0 Å². The van der Waals surface area contributed by atoms with Crippen LogP contribution in [0, 0.1) is 16.0 Å². The van der Waals surface area contributed by atoms with Crippen molar-refractivity contribution in [3.63, 3.8) is 0 Å². The van der Waals surface area contributed by atoms with Gasteiger partial charge in [-0.1, -0.05) is 32.0 Å². The predicted molar refractivity (Wildman–Crippen MR) is 112 cm³/mol. The van der Waals surface area contributed by atoms with Crippen LogP contribution in [0.1, 0.15) is 23.5 Å². The molecule has 2 amide bonds.